The lowest BCUT2D eigenvalue weighted by atomic mass is 10.1. The van der Waals surface area contributed by atoms with E-state index in [9.17, 15) is 0 Å². The number of hydrogen-bond acceptors (Lipinski definition) is 3. The molecule has 1 atom stereocenters. The third-order valence-electron chi connectivity index (χ3n) is 3.17. The van der Waals surface area contributed by atoms with Crippen LogP contribution in [0.25, 0.3) is 0 Å². The molecule has 0 saturated carbocycles. The van der Waals surface area contributed by atoms with Gasteiger partial charge in [0.15, 0.2) is 0 Å². The van der Waals surface area contributed by atoms with Crippen molar-refractivity contribution in [1.82, 2.24) is 10.2 Å². The van der Waals surface area contributed by atoms with Crippen molar-refractivity contribution in [2.45, 2.75) is 33.4 Å². The lowest BCUT2D eigenvalue weighted by molar-refractivity contribution is 0.183. The molecule has 0 spiro atoms. The summed E-state index contributed by atoms with van der Waals surface area (Å²) in [5.74, 6) is 0.919. The molecule has 0 saturated heterocycles. The Kier molecular flexibility index (Phi) is 6.76. The van der Waals surface area contributed by atoms with Crippen molar-refractivity contribution in [2.24, 2.45) is 0 Å². The molecule has 0 amide bonds. The van der Waals surface area contributed by atoms with Gasteiger partial charge in [0, 0.05) is 0 Å². The van der Waals surface area contributed by atoms with Gasteiger partial charge in [0.25, 0.3) is 0 Å². The van der Waals surface area contributed by atoms with Gasteiger partial charge in [-0.15, -0.1) is 0 Å². The van der Waals surface area contributed by atoms with E-state index in [4.69, 9.17) is 4.74 Å². The summed E-state index contributed by atoms with van der Waals surface area (Å²) in [6, 6.07) is 8.32. The largest absolute Gasteiger partial charge is 0.497 e. The number of rotatable bonds is 8. The van der Waals surface area contributed by atoms with Gasteiger partial charge in [-0.25, -0.2) is 0 Å². The smallest absolute Gasteiger partial charge is 0.119 e. The average Bonchev–Trinajstić information content (AvgIpc) is 2.43. The monoisotopic (exact) mass is 250 g/mol. The summed E-state index contributed by atoms with van der Waals surface area (Å²) in [6.45, 7) is 9.69. The number of methoxy groups -OCH3 is 1. The molecule has 3 heteroatoms. The first-order valence-electron chi connectivity index (χ1n) is 6.88. The second-order valence-electron chi connectivity index (χ2n) is 4.35. The zero-order chi connectivity index (χ0) is 13.4. The van der Waals surface area contributed by atoms with E-state index in [2.05, 4.69) is 49.2 Å². The van der Waals surface area contributed by atoms with Gasteiger partial charge in [-0.05, 0) is 43.8 Å². The highest BCUT2D eigenvalue weighted by Gasteiger charge is 2.17. The average molecular weight is 250 g/mol. The highest BCUT2D eigenvalue weighted by atomic mass is 16.5. The van der Waals surface area contributed by atoms with Crippen LogP contribution >= 0.6 is 0 Å². The molecule has 0 fully saturated rings. The van der Waals surface area contributed by atoms with Gasteiger partial charge in [0.2, 0.25) is 0 Å². The Hall–Kier alpha value is -1.06. The highest BCUT2D eigenvalue weighted by molar-refractivity contribution is 5.30. The number of nitrogens with zero attached hydrogens (tertiary/aromatic N) is 1. The molecule has 0 aliphatic heterocycles. The Morgan fingerprint density at radius 2 is 1.94 bits per heavy atom. The van der Waals surface area contributed by atoms with E-state index in [1.54, 1.807) is 7.11 Å². The summed E-state index contributed by atoms with van der Waals surface area (Å²) in [4.78, 5) is 2.42. The molecule has 1 N–H and O–H groups in total. The third-order valence-corrected chi connectivity index (χ3v) is 3.17. The zero-order valence-corrected chi connectivity index (χ0v) is 12.1. The van der Waals surface area contributed by atoms with E-state index in [0.717, 1.165) is 31.8 Å². The predicted octanol–water partition coefficient (Wildman–Crippen LogP) is 3.04. The maximum Gasteiger partial charge on any atom is 0.119 e. The van der Waals surface area contributed by atoms with E-state index in [0.29, 0.717) is 0 Å². The van der Waals surface area contributed by atoms with Crippen LogP contribution < -0.4 is 10.1 Å². The first-order valence-corrected chi connectivity index (χ1v) is 6.88. The molecule has 1 aromatic carbocycles. The van der Waals surface area contributed by atoms with Crippen LogP contribution in [0.15, 0.2) is 24.3 Å². The summed E-state index contributed by atoms with van der Waals surface area (Å²) in [6.07, 6.45) is 1.41. The van der Waals surface area contributed by atoms with Crippen molar-refractivity contribution >= 4 is 0 Å². The van der Waals surface area contributed by atoms with E-state index < -0.39 is 0 Å². The van der Waals surface area contributed by atoms with Gasteiger partial charge in [0.1, 0.15) is 5.75 Å². The lowest BCUT2D eigenvalue weighted by Crippen LogP contribution is -2.38. The third kappa shape index (κ3) is 4.00. The van der Waals surface area contributed by atoms with Crippen LogP contribution in [-0.4, -0.2) is 31.6 Å². The number of ether oxygens (including phenoxy) is 1. The minimum absolute atomic E-state index is 0.273. The van der Waals surface area contributed by atoms with Crippen LogP contribution in [0.2, 0.25) is 0 Å². The minimum atomic E-state index is 0.273. The van der Waals surface area contributed by atoms with Crippen molar-refractivity contribution in [1.29, 1.82) is 0 Å². The Balaban J connectivity index is 2.92. The Morgan fingerprint density at radius 1 is 1.22 bits per heavy atom. The van der Waals surface area contributed by atoms with Crippen molar-refractivity contribution in [2.75, 3.05) is 26.7 Å². The van der Waals surface area contributed by atoms with Crippen LogP contribution in [-0.2, 0) is 0 Å². The molecule has 102 valence electrons. The molecule has 0 heterocycles. The number of benzene rings is 1. The van der Waals surface area contributed by atoms with E-state index in [1.807, 2.05) is 6.07 Å². The van der Waals surface area contributed by atoms with Crippen molar-refractivity contribution in [3.05, 3.63) is 29.8 Å². The SMILES string of the molecule is CCCNC(c1cccc(OC)c1)N(CC)CC. The number of nitrogens with one attached hydrogen (secondary N) is 1. The van der Waals surface area contributed by atoms with Gasteiger partial charge < -0.3 is 4.74 Å². The molecule has 1 aromatic rings. The van der Waals surface area contributed by atoms with Crippen LogP contribution in [0.5, 0.6) is 5.75 Å². The quantitative estimate of drug-likeness (QED) is 0.718. The molecule has 1 rings (SSSR count). The minimum Gasteiger partial charge on any atom is -0.497 e. The summed E-state index contributed by atoms with van der Waals surface area (Å²) in [5.41, 5.74) is 1.27. The van der Waals surface area contributed by atoms with Gasteiger partial charge in [0.05, 0.1) is 13.3 Å². The maximum absolute atomic E-state index is 5.31. The summed E-state index contributed by atoms with van der Waals surface area (Å²) < 4.78 is 5.31. The zero-order valence-electron chi connectivity index (χ0n) is 12.1. The van der Waals surface area contributed by atoms with Gasteiger partial charge in [-0.2, -0.15) is 0 Å². The first-order chi connectivity index (χ1) is 8.76. The van der Waals surface area contributed by atoms with E-state index in [1.165, 1.54) is 5.56 Å². The summed E-state index contributed by atoms with van der Waals surface area (Å²) in [5, 5.41) is 3.61. The van der Waals surface area contributed by atoms with Crippen molar-refractivity contribution < 1.29 is 4.74 Å². The molecule has 0 radical (unpaired) electrons. The molecule has 0 aliphatic carbocycles. The molecule has 18 heavy (non-hydrogen) atoms. The van der Waals surface area contributed by atoms with Gasteiger partial charge in [-0.3, -0.25) is 10.2 Å². The van der Waals surface area contributed by atoms with Crippen molar-refractivity contribution in [3.8, 4) is 5.75 Å². The standard InChI is InChI=1S/C15H26N2O/c1-5-11-16-15(17(6-2)7-3)13-9-8-10-14(12-13)18-4/h8-10,12,15-16H,5-7,11H2,1-4H3. The maximum atomic E-state index is 5.31. The summed E-state index contributed by atoms with van der Waals surface area (Å²) in [7, 11) is 1.71. The molecule has 0 aliphatic rings. The van der Waals surface area contributed by atoms with E-state index in [-0.39, 0.29) is 6.17 Å². The molecule has 0 bridgehead atoms. The Bertz CT molecular complexity index is 337. The predicted molar refractivity (Wildman–Crippen MR) is 76.9 cm³/mol. The lowest BCUT2D eigenvalue weighted by Gasteiger charge is -2.31. The molecule has 3 nitrogen and oxygen atoms in total. The summed E-state index contributed by atoms with van der Waals surface area (Å²) >= 11 is 0. The molecule has 1 unspecified atom stereocenters. The second kappa shape index (κ2) is 8.11. The van der Waals surface area contributed by atoms with Gasteiger partial charge >= 0.3 is 0 Å². The Morgan fingerprint density at radius 3 is 2.50 bits per heavy atom. The topological polar surface area (TPSA) is 24.5 Å². The fourth-order valence-corrected chi connectivity index (χ4v) is 2.14. The number of hydrogen-bond donors (Lipinski definition) is 1. The first kappa shape index (κ1) is 15.0. The fraction of sp³-hybridized carbons (Fsp3) is 0.600. The van der Waals surface area contributed by atoms with Crippen LogP contribution in [0.1, 0.15) is 38.9 Å². The molecular formula is C15H26N2O. The molecular weight excluding hydrogens is 224 g/mol. The van der Waals surface area contributed by atoms with Crippen molar-refractivity contribution in [3.63, 3.8) is 0 Å². The second-order valence-corrected chi connectivity index (χ2v) is 4.35. The van der Waals surface area contributed by atoms with Crippen LogP contribution in [0, 0.1) is 0 Å². The van der Waals surface area contributed by atoms with Crippen LogP contribution in [0.3, 0.4) is 0 Å². The fourth-order valence-electron chi connectivity index (χ4n) is 2.14. The molecule has 0 aromatic heterocycles. The Labute approximate surface area is 111 Å². The normalized spacial score (nSPS) is 12.7. The van der Waals surface area contributed by atoms with E-state index >= 15 is 0 Å². The van der Waals surface area contributed by atoms with Crippen LogP contribution in [0.4, 0.5) is 0 Å². The van der Waals surface area contributed by atoms with Gasteiger partial charge in [-0.1, -0.05) is 32.9 Å². The highest BCUT2D eigenvalue weighted by Crippen LogP contribution is 2.22.